The van der Waals surface area contributed by atoms with E-state index in [0.717, 1.165) is 33.5 Å². The number of nitrogens with zero attached hydrogens (tertiary/aromatic N) is 3. The monoisotopic (exact) mass is 587 g/mol. The number of aromatic nitrogens is 4. The van der Waals surface area contributed by atoms with Gasteiger partial charge >= 0.3 is 0 Å². The van der Waals surface area contributed by atoms with Gasteiger partial charge in [0.05, 0.1) is 35.1 Å². The first-order valence-electron chi connectivity index (χ1n) is 13.2. The molecule has 2 N–H and O–H groups in total. The number of oxazole rings is 1. The number of carbonyl (C=O) groups excluding carboxylic acids is 1. The summed E-state index contributed by atoms with van der Waals surface area (Å²) >= 11 is 13.1. The van der Waals surface area contributed by atoms with Crippen LogP contribution in [0.15, 0.2) is 71.5 Å². The third kappa shape index (κ3) is 5.71. The van der Waals surface area contributed by atoms with Crippen molar-refractivity contribution in [3.8, 4) is 39.7 Å². The van der Waals surface area contributed by atoms with Gasteiger partial charge < -0.3 is 14.5 Å². The van der Waals surface area contributed by atoms with E-state index in [4.69, 9.17) is 37.3 Å². The minimum absolute atomic E-state index is 0.132. The van der Waals surface area contributed by atoms with Crippen molar-refractivity contribution >= 4 is 29.1 Å². The summed E-state index contributed by atoms with van der Waals surface area (Å²) in [6.07, 6.45) is 3.84. The molecule has 8 nitrogen and oxygen atoms in total. The van der Waals surface area contributed by atoms with Crippen LogP contribution in [-0.2, 0) is 11.2 Å². The van der Waals surface area contributed by atoms with E-state index >= 15 is 0 Å². The fourth-order valence-electron chi connectivity index (χ4n) is 5.11. The Labute approximate surface area is 247 Å². The van der Waals surface area contributed by atoms with Gasteiger partial charge in [0, 0.05) is 39.4 Å². The van der Waals surface area contributed by atoms with E-state index in [2.05, 4.69) is 20.5 Å². The number of aromatic amines is 1. The van der Waals surface area contributed by atoms with E-state index in [0.29, 0.717) is 39.6 Å². The van der Waals surface area contributed by atoms with Crippen LogP contribution in [0.1, 0.15) is 43.3 Å². The van der Waals surface area contributed by atoms with E-state index in [1.165, 1.54) is 6.26 Å². The predicted molar refractivity (Wildman–Crippen MR) is 158 cm³/mol. The summed E-state index contributed by atoms with van der Waals surface area (Å²) in [5.41, 5.74) is 5.65. The topological polar surface area (TPSA) is 106 Å². The molecule has 10 heteroatoms. The summed E-state index contributed by atoms with van der Waals surface area (Å²) in [5.74, 6) is 0.790. The van der Waals surface area contributed by atoms with Crippen LogP contribution in [0, 0.1) is 6.92 Å². The summed E-state index contributed by atoms with van der Waals surface area (Å²) in [4.78, 5) is 22.3. The van der Waals surface area contributed by atoms with Gasteiger partial charge in [-0.25, -0.2) is 9.97 Å². The lowest BCUT2D eigenvalue weighted by molar-refractivity contribution is -0.121. The normalized spacial score (nSPS) is 15.7. The molecular formula is C31H27Cl2N5O3. The molecule has 2 aromatic carbocycles. The number of hydrogen-bond acceptors (Lipinski definition) is 6. The molecule has 0 saturated carbocycles. The van der Waals surface area contributed by atoms with Gasteiger partial charge in [-0.1, -0.05) is 41.4 Å². The molecule has 6 rings (SSSR count). The SMILES string of the molecule is Cc1cc(CC(=O)N[C@@H]2CC(C)(C)Oc3nc(-c4ccc(-c5ncco5)cc4Cl)c(-c4ccc(Cl)cc4)cc32)n[nH]1. The number of rotatable bonds is 6. The van der Waals surface area contributed by atoms with Gasteiger partial charge in [0.25, 0.3) is 0 Å². The summed E-state index contributed by atoms with van der Waals surface area (Å²) in [5, 5.41) is 11.4. The maximum Gasteiger partial charge on any atom is 0.226 e. The molecule has 0 saturated heterocycles. The molecule has 0 radical (unpaired) electrons. The van der Waals surface area contributed by atoms with E-state index in [-0.39, 0.29) is 18.4 Å². The number of ether oxygens (including phenoxy) is 1. The Hall–Kier alpha value is -4.14. The van der Waals surface area contributed by atoms with Gasteiger partial charge in [-0.05, 0) is 62.7 Å². The number of halogens is 2. The molecule has 208 valence electrons. The molecule has 1 aliphatic heterocycles. The van der Waals surface area contributed by atoms with Crippen molar-refractivity contribution in [1.82, 2.24) is 25.5 Å². The number of benzene rings is 2. The second-order valence-electron chi connectivity index (χ2n) is 10.7. The predicted octanol–water partition coefficient (Wildman–Crippen LogP) is 7.37. The number of H-pyrrole nitrogens is 1. The van der Waals surface area contributed by atoms with Crippen LogP contribution >= 0.6 is 23.2 Å². The van der Waals surface area contributed by atoms with Gasteiger partial charge in [-0.3, -0.25) is 9.89 Å². The Bertz CT molecular complexity index is 1730. The largest absolute Gasteiger partial charge is 0.471 e. The minimum atomic E-state index is -0.571. The average molecular weight is 588 g/mol. The highest BCUT2D eigenvalue weighted by Gasteiger charge is 2.37. The summed E-state index contributed by atoms with van der Waals surface area (Å²) in [6, 6.07) is 16.7. The molecule has 1 amide bonds. The lowest BCUT2D eigenvalue weighted by atomic mass is 9.88. The molecule has 3 aromatic heterocycles. The maximum absolute atomic E-state index is 13.1. The smallest absolute Gasteiger partial charge is 0.226 e. The average Bonchev–Trinajstić information content (AvgIpc) is 3.60. The molecule has 1 atom stereocenters. The van der Waals surface area contributed by atoms with Crippen LogP contribution in [0.3, 0.4) is 0 Å². The van der Waals surface area contributed by atoms with Crippen molar-refractivity contribution in [2.75, 3.05) is 0 Å². The first-order chi connectivity index (χ1) is 19.6. The van der Waals surface area contributed by atoms with Crippen LogP contribution in [0.5, 0.6) is 5.88 Å². The molecule has 0 aliphatic carbocycles. The number of fused-ring (bicyclic) bond motifs is 1. The fraction of sp³-hybridized carbons (Fsp3) is 0.226. The number of hydrogen-bond donors (Lipinski definition) is 2. The van der Waals surface area contributed by atoms with Crippen LogP contribution in [0.4, 0.5) is 0 Å². The summed E-state index contributed by atoms with van der Waals surface area (Å²) in [6.45, 7) is 5.87. The Balaban J connectivity index is 1.44. The number of amides is 1. The Morgan fingerprint density at radius 2 is 1.85 bits per heavy atom. The highest BCUT2D eigenvalue weighted by molar-refractivity contribution is 6.33. The standard InChI is InChI=1S/C31H27Cl2N5O3/c1-17-12-21(38-37-17)14-27(39)35-26-16-31(2,3)41-30-24(26)15-23(18-4-7-20(32)8-5-18)28(36-30)22-9-6-19(13-25(22)33)29-34-10-11-40-29/h4-13,15,26H,14,16H2,1-3H3,(H,35,39)(H,37,38)/t26-/m1/s1. The fourth-order valence-corrected chi connectivity index (χ4v) is 5.51. The number of carbonyl (C=O) groups is 1. The van der Waals surface area contributed by atoms with Crippen LogP contribution in [0.25, 0.3) is 33.8 Å². The maximum atomic E-state index is 13.1. The van der Waals surface area contributed by atoms with Crippen LogP contribution in [0.2, 0.25) is 10.0 Å². The Kier molecular flexibility index (Phi) is 7.05. The molecule has 0 fully saturated rings. The quantitative estimate of drug-likeness (QED) is 0.215. The minimum Gasteiger partial charge on any atom is -0.471 e. The van der Waals surface area contributed by atoms with Gasteiger partial charge in [0.1, 0.15) is 11.9 Å². The molecule has 0 unspecified atom stereocenters. The van der Waals surface area contributed by atoms with E-state index < -0.39 is 5.60 Å². The molecule has 41 heavy (non-hydrogen) atoms. The first-order valence-corrected chi connectivity index (χ1v) is 13.9. The van der Waals surface area contributed by atoms with Crippen molar-refractivity contribution < 1.29 is 13.9 Å². The molecular weight excluding hydrogens is 561 g/mol. The third-order valence-corrected chi connectivity index (χ3v) is 7.52. The lowest BCUT2D eigenvalue weighted by Crippen LogP contribution is -2.42. The van der Waals surface area contributed by atoms with Crippen LogP contribution in [-0.4, -0.2) is 31.7 Å². The van der Waals surface area contributed by atoms with Crippen molar-refractivity contribution in [2.24, 2.45) is 0 Å². The summed E-state index contributed by atoms with van der Waals surface area (Å²) in [7, 11) is 0. The number of pyridine rings is 1. The van der Waals surface area contributed by atoms with Crippen molar-refractivity contribution in [3.05, 3.63) is 94.1 Å². The number of aryl methyl sites for hydroxylation is 1. The Morgan fingerprint density at radius 1 is 1.07 bits per heavy atom. The van der Waals surface area contributed by atoms with Gasteiger partial charge in [-0.2, -0.15) is 5.10 Å². The lowest BCUT2D eigenvalue weighted by Gasteiger charge is -2.37. The van der Waals surface area contributed by atoms with Crippen molar-refractivity contribution in [2.45, 2.75) is 45.3 Å². The zero-order valence-electron chi connectivity index (χ0n) is 22.7. The zero-order valence-corrected chi connectivity index (χ0v) is 24.2. The zero-order chi connectivity index (χ0) is 28.7. The van der Waals surface area contributed by atoms with Crippen LogP contribution < -0.4 is 10.1 Å². The van der Waals surface area contributed by atoms with Crippen molar-refractivity contribution in [1.29, 1.82) is 0 Å². The van der Waals surface area contributed by atoms with E-state index in [1.54, 1.807) is 12.3 Å². The van der Waals surface area contributed by atoms with Gasteiger partial charge in [0.15, 0.2) is 0 Å². The van der Waals surface area contributed by atoms with Crippen molar-refractivity contribution in [3.63, 3.8) is 0 Å². The molecule has 5 aromatic rings. The van der Waals surface area contributed by atoms with E-state index in [9.17, 15) is 4.79 Å². The molecule has 0 spiro atoms. The summed E-state index contributed by atoms with van der Waals surface area (Å²) < 4.78 is 11.8. The van der Waals surface area contributed by atoms with Gasteiger partial charge in [0.2, 0.25) is 17.7 Å². The second-order valence-corrected chi connectivity index (χ2v) is 11.6. The highest BCUT2D eigenvalue weighted by atomic mass is 35.5. The molecule has 1 aliphatic rings. The molecule has 4 heterocycles. The number of nitrogens with one attached hydrogen (secondary N) is 2. The Morgan fingerprint density at radius 3 is 2.54 bits per heavy atom. The molecule has 0 bridgehead atoms. The first kappa shape index (κ1) is 27.1. The van der Waals surface area contributed by atoms with E-state index in [1.807, 2.05) is 69.3 Å². The third-order valence-electron chi connectivity index (χ3n) is 6.95. The van der Waals surface area contributed by atoms with Gasteiger partial charge in [-0.15, -0.1) is 0 Å². The second kappa shape index (κ2) is 10.7. The highest BCUT2D eigenvalue weighted by Crippen LogP contribution is 2.45.